The van der Waals surface area contributed by atoms with Crippen LogP contribution >= 0.6 is 11.6 Å². The summed E-state index contributed by atoms with van der Waals surface area (Å²) < 4.78 is 0. The lowest BCUT2D eigenvalue weighted by Crippen LogP contribution is -1.94. The van der Waals surface area contributed by atoms with E-state index in [1.165, 1.54) is 27.8 Å². The molecule has 0 aromatic heterocycles. The van der Waals surface area contributed by atoms with Gasteiger partial charge in [-0.3, -0.25) is 0 Å². The van der Waals surface area contributed by atoms with E-state index in [0.29, 0.717) is 0 Å². The Morgan fingerprint density at radius 3 is 2.11 bits per heavy atom. The molecule has 19 heavy (non-hydrogen) atoms. The van der Waals surface area contributed by atoms with Gasteiger partial charge in [0.1, 0.15) is 0 Å². The van der Waals surface area contributed by atoms with Gasteiger partial charge in [-0.15, -0.1) is 0 Å². The zero-order valence-corrected chi connectivity index (χ0v) is 12.7. The average Bonchev–Trinajstić information content (AvgIpc) is 2.41. The van der Waals surface area contributed by atoms with E-state index in [2.05, 4.69) is 57.2 Å². The second kappa shape index (κ2) is 6.25. The van der Waals surface area contributed by atoms with Crippen molar-refractivity contribution in [3.8, 4) is 0 Å². The number of benzene rings is 2. The number of hydrogen-bond donors (Lipinski definition) is 0. The molecule has 0 fully saturated rings. The summed E-state index contributed by atoms with van der Waals surface area (Å²) in [5.41, 5.74) is 6.67. The highest BCUT2D eigenvalue weighted by Crippen LogP contribution is 2.22. The Hall–Kier alpha value is -1.27. The standard InChI is InChI=1S/C18H21Cl/c1-4-14-6-9-17(13(3)10-14)11-15-7-8-16(5-2)18(19)12-15/h6-10,12H,4-5,11H2,1-3H3. The molecule has 0 heterocycles. The van der Waals surface area contributed by atoms with Gasteiger partial charge in [0.25, 0.3) is 0 Å². The number of halogens is 1. The summed E-state index contributed by atoms with van der Waals surface area (Å²) in [5.74, 6) is 0. The fourth-order valence-corrected chi connectivity index (χ4v) is 2.72. The second-order valence-electron chi connectivity index (χ2n) is 5.07. The molecule has 0 radical (unpaired) electrons. The van der Waals surface area contributed by atoms with Crippen molar-refractivity contribution < 1.29 is 0 Å². The summed E-state index contributed by atoms with van der Waals surface area (Å²) in [6.07, 6.45) is 3.04. The molecule has 2 aromatic rings. The Bertz CT molecular complexity index is 570. The Morgan fingerprint density at radius 2 is 1.53 bits per heavy atom. The molecule has 2 aromatic carbocycles. The van der Waals surface area contributed by atoms with E-state index in [-0.39, 0.29) is 0 Å². The van der Waals surface area contributed by atoms with Gasteiger partial charge in [0.2, 0.25) is 0 Å². The smallest absolute Gasteiger partial charge is 0.0440 e. The summed E-state index contributed by atoms with van der Waals surface area (Å²) in [5, 5.41) is 0.892. The molecule has 0 aliphatic carbocycles. The first-order valence-electron chi connectivity index (χ1n) is 6.99. The zero-order chi connectivity index (χ0) is 13.8. The van der Waals surface area contributed by atoms with Gasteiger partial charge in [-0.05, 0) is 60.1 Å². The monoisotopic (exact) mass is 272 g/mol. The third kappa shape index (κ3) is 3.39. The fourth-order valence-electron chi connectivity index (χ4n) is 2.38. The summed E-state index contributed by atoms with van der Waals surface area (Å²) in [6, 6.07) is 13.2. The molecule has 0 aliphatic heterocycles. The van der Waals surface area contributed by atoms with Crippen LogP contribution in [-0.2, 0) is 19.3 Å². The Labute approximate surface area is 121 Å². The summed E-state index contributed by atoms with van der Waals surface area (Å²) in [7, 11) is 0. The van der Waals surface area contributed by atoms with Crippen molar-refractivity contribution in [2.24, 2.45) is 0 Å². The van der Waals surface area contributed by atoms with E-state index in [4.69, 9.17) is 11.6 Å². The molecule has 0 aliphatic rings. The second-order valence-corrected chi connectivity index (χ2v) is 5.48. The normalized spacial score (nSPS) is 10.7. The molecule has 0 nitrogen and oxygen atoms in total. The van der Waals surface area contributed by atoms with Crippen molar-refractivity contribution >= 4 is 11.6 Å². The third-order valence-electron chi connectivity index (χ3n) is 3.71. The molecule has 0 saturated heterocycles. The maximum Gasteiger partial charge on any atom is 0.0440 e. The van der Waals surface area contributed by atoms with Crippen LogP contribution in [0.4, 0.5) is 0 Å². The van der Waals surface area contributed by atoms with Crippen LogP contribution in [0.1, 0.15) is 41.7 Å². The van der Waals surface area contributed by atoms with Crippen LogP contribution in [0.5, 0.6) is 0 Å². The lowest BCUT2D eigenvalue weighted by Gasteiger charge is -2.09. The fraction of sp³-hybridized carbons (Fsp3) is 0.333. The Morgan fingerprint density at radius 1 is 0.842 bits per heavy atom. The maximum absolute atomic E-state index is 6.28. The van der Waals surface area contributed by atoms with Crippen molar-refractivity contribution in [3.63, 3.8) is 0 Å². The van der Waals surface area contributed by atoms with Crippen LogP contribution in [0, 0.1) is 6.92 Å². The highest BCUT2D eigenvalue weighted by Gasteiger charge is 2.04. The Kier molecular flexibility index (Phi) is 4.66. The first kappa shape index (κ1) is 14.1. The molecule has 0 atom stereocenters. The first-order valence-corrected chi connectivity index (χ1v) is 7.37. The maximum atomic E-state index is 6.28. The quantitative estimate of drug-likeness (QED) is 0.702. The summed E-state index contributed by atoms with van der Waals surface area (Å²) in [6.45, 7) is 6.52. The molecule has 0 amide bonds. The topological polar surface area (TPSA) is 0 Å². The van der Waals surface area contributed by atoms with E-state index in [1.54, 1.807) is 0 Å². The molecule has 1 heteroatoms. The van der Waals surface area contributed by atoms with Gasteiger partial charge < -0.3 is 0 Å². The van der Waals surface area contributed by atoms with Gasteiger partial charge in [-0.1, -0.05) is 55.8 Å². The lowest BCUT2D eigenvalue weighted by molar-refractivity contribution is 1.09. The van der Waals surface area contributed by atoms with E-state index in [9.17, 15) is 0 Å². The van der Waals surface area contributed by atoms with Crippen LogP contribution < -0.4 is 0 Å². The van der Waals surface area contributed by atoms with E-state index in [1.807, 2.05) is 0 Å². The Balaban J connectivity index is 2.23. The van der Waals surface area contributed by atoms with Gasteiger partial charge in [0.15, 0.2) is 0 Å². The van der Waals surface area contributed by atoms with E-state index < -0.39 is 0 Å². The molecule has 0 unspecified atom stereocenters. The number of aryl methyl sites for hydroxylation is 3. The van der Waals surface area contributed by atoms with Crippen molar-refractivity contribution in [2.45, 2.75) is 40.0 Å². The zero-order valence-electron chi connectivity index (χ0n) is 12.0. The predicted molar refractivity (Wildman–Crippen MR) is 84.2 cm³/mol. The molecule has 0 N–H and O–H groups in total. The third-order valence-corrected chi connectivity index (χ3v) is 4.06. The minimum absolute atomic E-state index is 0.892. The molecule has 2 rings (SSSR count). The molecule has 0 spiro atoms. The van der Waals surface area contributed by atoms with E-state index >= 15 is 0 Å². The largest absolute Gasteiger partial charge is 0.0840 e. The number of hydrogen-bond acceptors (Lipinski definition) is 0. The highest BCUT2D eigenvalue weighted by molar-refractivity contribution is 6.31. The summed E-state index contributed by atoms with van der Waals surface area (Å²) in [4.78, 5) is 0. The van der Waals surface area contributed by atoms with Crippen LogP contribution in [-0.4, -0.2) is 0 Å². The summed E-state index contributed by atoms with van der Waals surface area (Å²) >= 11 is 6.28. The molecule has 0 bridgehead atoms. The van der Waals surface area contributed by atoms with Crippen molar-refractivity contribution in [3.05, 3.63) is 69.2 Å². The van der Waals surface area contributed by atoms with Crippen molar-refractivity contribution in [2.75, 3.05) is 0 Å². The van der Waals surface area contributed by atoms with Crippen molar-refractivity contribution in [1.29, 1.82) is 0 Å². The van der Waals surface area contributed by atoms with Gasteiger partial charge >= 0.3 is 0 Å². The van der Waals surface area contributed by atoms with Crippen LogP contribution in [0.25, 0.3) is 0 Å². The highest BCUT2D eigenvalue weighted by atomic mass is 35.5. The average molecular weight is 273 g/mol. The molecular weight excluding hydrogens is 252 g/mol. The molecular formula is C18H21Cl. The predicted octanol–water partition coefficient (Wildman–Crippen LogP) is 5.36. The first-order chi connectivity index (χ1) is 9.13. The number of rotatable bonds is 4. The van der Waals surface area contributed by atoms with Gasteiger partial charge in [0, 0.05) is 5.02 Å². The van der Waals surface area contributed by atoms with Gasteiger partial charge in [-0.25, -0.2) is 0 Å². The SMILES string of the molecule is CCc1ccc(Cc2ccc(CC)c(Cl)c2)c(C)c1. The minimum atomic E-state index is 0.892. The van der Waals surface area contributed by atoms with E-state index in [0.717, 1.165) is 24.3 Å². The molecule has 100 valence electrons. The van der Waals surface area contributed by atoms with Gasteiger partial charge in [-0.2, -0.15) is 0 Å². The van der Waals surface area contributed by atoms with Gasteiger partial charge in [0.05, 0.1) is 0 Å². The molecule has 0 saturated carbocycles. The van der Waals surface area contributed by atoms with Crippen LogP contribution in [0.3, 0.4) is 0 Å². The van der Waals surface area contributed by atoms with Crippen molar-refractivity contribution in [1.82, 2.24) is 0 Å². The lowest BCUT2D eigenvalue weighted by atomic mass is 9.97. The van der Waals surface area contributed by atoms with Crippen LogP contribution in [0.2, 0.25) is 5.02 Å². The minimum Gasteiger partial charge on any atom is -0.0840 e. The van der Waals surface area contributed by atoms with Crippen LogP contribution in [0.15, 0.2) is 36.4 Å².